The van der Waals surface area contributed by atoms with E-state index in [2.05, 4.69) is 4.98 Å². The fourth-order valence-electron chi connectivity index (χ4n) is 0.714. The summed E-state index contributed by atoms with van der Waals surface area (Å²) in [5, 5.41) is 9.24. The van der Waals surface area contributed by atoms with E-state index in [0.29, 0.717) is 0 Å². The van der Waals surface area contributed by atoms with Gasteiger partial charge in [0, 0.05) is 31.2 Å². The second kappa shape index (κ2) is 4.04. The molecule has 1 heterocycles. The van der Waals surface area contributed by atoms with Crippen LogP contribution in [-0.4, -0.2) is 30.2 Å². The molecule has 1 N–H and O–H groups in total. The van der Waals surface area contributed by atoms with Gasteiger partial charge in [0.15, 0.2) is 5.13 Å². The molecule has 4 nitrogen and oxygen atoms in total. The molecule has 0 spiro atoms. The molecule has 70 valence electrons. The van der Waals surface area contributed by atoms with Crippen molar-refractivity contribution in [3.63, 3.8) is 0 Å². The molecule has 13 heavy (non-hydrogen) atoms. The van der Waals surface area contributed by atoms with E-state index in [1.165, 1.54) is 17.4 Å². The number of aliphatic carboxylic acids is 1. The van der Waals surface area contributed by atoms with Gasteiger partial charge in [-0.3, -0.25) is 0 Å². The first-order valence-electron chi connectivity index (χ1n) is 3.64. The maximum atomic E-state index is 10.2. The van der Waals surface area contributed by atoms with E-state index in [0.717, 1.165) is 16.1 Å². The molecule has 0 atom stereocenters. The largest absolute Gasteiger partial charge is 0.478 e. The lowest BCUT2D eigenvalue weighted by atomic mass is 10.4. The van der Waals surface area contributed by atoms with Crippen LogP contribution < -0.4 is 4.90 Å². The zero-order chi connectivity index (χ0) is 9.84. The van der Waals surface area contributed by atoms with E-state index in [4.69, 9.17) is 5.11 Å². The number of nitrogens with zero attached hydrogens (tertiary/aromatic N) is 2. The zero-order valence-corrected chi connectivity index (χ0v) is 8.21. The standard InChI is InChI=1S/C8H10N2O2S/c1-10(2)8-9-5-6(13-8)3-4-7(11)12/h3-5H,1-2H3,(H,11,12)/b4-3+. The predicted octanol–water partition coefficient (Wildman–Crippen LogP) is 1.31. The highest BCUT2D eigenvalue weighted by atomic mass is 32.1. The van der Waals surface area contributed by atoms with Crippen LogP contribution in [0.4, 0.5) is 5.13 Å². The van der Waals surface area contributed by atoms with Crippen LogP contribution in [0.5, 0.6) is 0 Å². The number of anilines is 1. The number of rotatable bonds is 3. The first kappa shape index (κ1) is 9.73. The zero-order valence-electron chi connectivity index (χ0n) is 7.39. The van der Waals surface area contributed by atoms with Gasteiger partial charge < -0.3 is 10.0 Å². The summed E-state index contributed by atoms with van der Waals surface area (Å²) in [7, 11) is 3.78. The second-order valence-electron chi connectivity index (χ2n) is 2.61. The van der Waals surface area contributed by atoms with Crippen molar-refractivity contribution < 1.29 is 9.90 Å². The molecule has 0 fully saturated rings. The average Bonchev–Trinajstić information content (AvgIpc) is 2.48. The van der Waals surface area contributed by atoms with E-state index in [1.807, 2.05) is 19.0 Å². The van der Waals surface area contributed by atoms with E-state index < -0.39 is 5.97 Å². The van der Waals surface area contributed by atoms with Gasteiger partial charge in [0.05, 0.1) is 0 Å². The number of thiazole rings is 1. The lowest BCUT2D eigenvalue weighted by molar-refractivity contribution is -0.131. The van der Waals surface area contributed by atoms with Gasteiger partial charge in [-0.2, -0.15) is 0 Å². The summed E-state index contributed by atoms with van der Waals surface area (Å²) in [6.45, 7) is 0. The molecule has 0 bridgehead atoms. The molecular weight excluding hydrogens is 188 g/mol. The smallest absolute Gasteiger partial charge is 0.328 e. The fraction of sp³-hybridized carbons (Fsp3) is 0.250. The fourth-order valence-corrected chi connectivity index (χ4v) is 1.45. The van der Waals surface area contributed by atoms with E-state index in [1.54, 1.807) is 6.20 Å². The van der Waals surface area contributed by atoms with Crippen molar-refractivity contribution in [2.24, 2.45) is 0 Å². The third-order valence-electron chi connectivity index (χ3n) is 1.28. The van der Waals surface area contributed by atoms with E-state index in [-0.39, 0.29) is 0 Å². The van der Waals surface area contributed by atoms with E-state index in [9.17, 15) is 4.79 Å². The average molecular weight is 198 g/mol. The van der Waals surface area contributed by atoms with Crippen molar-refractivity contribution in [1.29, 1.82) is 0 Å². The first-order valence-corrected chi connectivity index (χ1v) is 4.45. The molecule has 5 heteroatoms. The van der Waals surface area contributed by atoms with Gasteiger partial charge in [-0.1, -0.05) is 11.3 Å². The van der Waals surface area contributed by atoms with Crippen molar-refractivity contribution in [3.05, 3.63) is 17.2 Å². The first-order chi connectivity index (χ1) is 6.09. The number of hydrogen-bond acceptors (Lipinski definition) is 4. The molecule has 0 amide bonds. The molecule has 0 saturated heterocycles. The third-order valence-corrected chi connectivity index (χ3v) is 2.41. The minimum absolute atomic E-state index is 0.839. The summed E-state index contributed by atoms with van der Waals surface area (Å²) in [4.78, 5) is 17.0. The number of aromatic nitrogens is 1. The van der Waals surface area contributed by atoms with Gasteiger partial charge in [-0.05, 0) is 6.08 Å². The highest BCUT2D eigenvalue weighted by Gasteiger charge is 2.00. The lowest BCUT2D eigenvalue weighted by Gasteiger charge is -2.04. The van der Waals surface area contributed by atoms with E-state index >= 15 is 0 Å². The van der Waals surface area contributed by atoms with Crippen LogP contribution in [0.3, 0.4) is 0 Å². The van der Waals surface area contributed by atoms with Crippen LogP contribution in [0.2, 0.25) is 0 Å². The third kappa shape index (κ3) is 2.87. The molecule has 1 aromatic rings. The Morgan fingerprint density at radius 1 is 1.69 bits per heavy atom. The van der Waals surface area contributed by atoms with Gasteiger partial charge in [-0.15, -0.1) is 0 Å². The molecule has 0 aromatic carbocycles. The number of carboxylic acid groups (broad SMARTS) is 1. The van der Waals surface area contributed by atoms with Crippen LogP contribution >= 0.6 is 11.3 Å². The molecule has 0 unspecified atom stereocenters. The SMILES string of the molecule is CN(C)c1ncc(/C=C/C(=O)O)s1. The minimum Gasteiger partial charge on any atom is -0.478 e. The Balaban J connectivity index is 2.75. The Morgan fingerprint density at radius 3 is 2.85 bits per heavy atom. The second-order valence-corrected chi connectivity index (χ2v) is 3.65. The van der Waals surface area contributed by atoms with Gasteiger partial charge >= 0.3 is 5.97 Å². The predicted molar refractivity (Wildman–Crippen MR) is 53.1 cm³/mol. The van der Waals surface area contributed by atoms with Crippen LogP contribution in [-0.2, 0) is 4.79 Å². The summed E-state index contributed by atoms with van der Waals surface area (Å²) >= 11 is 1.45. The van der Waals surface area contributed by atoms with Gasteiger partial charge in [0.2, 0.25) is 0 Å². The Bertz CT molecular complexity index is 331. The van der Waals surface area contributed by atoms with Crippen molar-refractivity contribution in [2.45, 2.75) is 0 Å². The monoisotopic (exact) mass is 198 g/mol. The molecule has 1 aromatic heterocycles. The number of hydrogen-bond donors (Lipinski definition) is 1. The molecule has 0 aliphatic rings. The maximum Gasteiger partial charge on any atom is 0.328 e. The number of carbonyl (C=O) groups is 1. The van der Waals surface area contributed by atoms with Crippen LogP contribution in [0.15, 0.2) is 12.3 Å². The topological polar surface area (TPSA) is 53.4 Å². The Hall–Kier alpha value is -1.36. The summed E-state index contributed by atoms with van der Waals surface area (Å²) in [5.74, 6) is -0.945. The molecule has 1 rings (SSSR count). The summed E-state index contributed by atoms with van der Waals surface area (Å²) < 4.78 is 0. The number of carboxylic acids is 1. The molecule has 0 aliphatic heterocycles. The Kier molecular flexibility index (Phi) is 3.02. The Morgan fingerprint density at radius 2 is 2.38 bits per heavy atom. The maximum absolute atomic E-state index is 10.2. The van der Waals surface area contributed by atoms with Crippen LogP contribution in [0.1, 0.15) is 4.88 Å². The minimum atomic E-state index is -0.945. The van der Waals surface area contributed by atoms with Crippen molar-refractivity contribution in [1.82, 2.24) is 4.98 Å². The van der Waals surface area contributed by atoms with Crippen LogP contribution in [0, 0.1) is 0 Å². The lowest BCUT2D eigenvalue weighted by Crippen LogP contribution is -2.07. The highest BCUT2D eigenvalue weighted by molar-refractivity contribution is 7.16. The molecule has 0 saturated carbocycles. The highest BCUT2D eigenvalue weighted by Crippen LogP contribution is 2.21. The van der Waals surface area contributed by atoms with Gasteiger partial charge in [0.25, 0.3) is 0 Å². The summed E-state index contributed by atoms with van der Waals surface area (Å²) in [6.07, 6.45) is 4.29. The summed E-state index contributed by atoms with van der Waals surface area (Å²) in [5.41, 5.74) is 0. The van der Waals surface area contributed by atoms with Crippen LogP contribution in [0.25, 0.3) is 6.08 Å². The normalized spacial score (nSPS) is 10.6. The van der Waals surface area contributed by atoms with Crippen molar-refractivity contribution in [2.75, 3.05) is 19.0 Å². The molecular formula is C8H10N2O2S. The van der Waals surface area contributed by atoms with Gasteiger partial charge in [0.1, 0.15) is 0 Å². The molecule has 0 aliphatic carbocycles. The van der Waals surface area contributed by atoms with Gasteiger partial charge in [-0.25, -0.2) is 9.78 Å². The quantitative estimate of drug-likeness (QED) is 0.744. The molecule has 0 radical (unpaired) electrons. The van der Waals surface area contributed by atoms with Crippen molar-refractivity contribution in [3.8, 4) is 0 Å². The summed E-state index contributed by atoms with van der Waals surface area (Å²) in [6, 6.07) is 0. The Labute approximate surface area is 80.1 Å². The van der Waals surface area contributed by atoms with Crippen molar-refractivity contribution >= 4 is 28.5 Å².